The summed E-state index contributed by atoms with van der Waals surface area (Å²) < 4.78 is 5.42. The van der Waals surface area contributed by atoms with Crippen molar-refractivity contribution in [1.82, 2.24) is 10.2 Å². The van der Waals surface area contributed by atoms with Crippen molar-refractivity contribution >= 4 is 6.02 Å². The zero-order chi connectivity index (χ0) is 13.0. The summed E-state index contributed by atoms with van der Waals surface area (Å²) in [6, 6.07) is 2.20. The van der Waals surface area contributed by atoms with Gasteiger partial charge < -0.3 is 10.1 Å². The standard InChI is InChI=1S/C14H25N3O/c1-10-7-14(9-16-12-15-5-6-18-12)8-11(14)17(10)13(2,3)4/h10-11H,5-9H2,1-4H3,(H,15,16)/t10-,11?,14+/m1/s1. The number of rotatable bonds is 2. The Balaban J connectivity index is 1.62. The van der Waals surface area contributed by atoms with Crippen LogP contribution >= 0.6 is 0 Å². The average molecular weight is 251 g/mol. The third kappa shape index (κ3) is 1.91. The molecule has 0 bridgehead atoms. The molecule has 1 saturated carbocycles. The van der Waals surface area contributed by atoms with Crippen molar-refractivity contribution in [2.24, 2.45) is 10.4 Å². The maximum absolute atomic E-state index is 5.42. The predicted molar refractivity (Wildman–Crippen MR) is 72.8 cm³/mol. The summed E-state index contributed by atoms with van der Waals surface area (Å²) >= 11 is 0. The quantitative estimate of drug-likeness (QED) is 0.810. The van der Waals surface area contributed by atoms with E-state index in [0.29, 0.717) is 11.5 Å². The maximum atomic E-state index is 5.42. The molecule has 2 fully saturated rings. The smallest absolute Gasteiger partial charge is 0.284 e. The molecule has 102 valence electrons. The van der Waals surface area contributed by atoms with E-state index in [9.17, 15) is 0 Å². The topological polar surface area (TPSA) is 36.9 Å². The summed E-state index contributed by atoms with van der Waals surface area (Å²) in [5.74, 6) is 0. The molecule has 0 amide bonds. The summed E-state index contributed by atoms with van der Waals surface area (Å²) in [4.78, 5) is 7.00. The van der Waals surface area contributed by atoms with E-state index in [1.165, 1.54) is 12.8 Å². The van der Waals surface area contributed by atoms with Gasteiger partial charge in [-0.05, 0) is 40.5 Å². The number of ether oxygens (including phenoxy) is 1. The van der Waals surface area contributed by atoms with Crippen LogP contribution < -0.4 is 5.32 Å². The largest absolute Gasteiger partial charge is 0.463 e. The number of fused-ring (bicyclic) bond motifs is 1. The van der Waals surface area contributed by atoms with Crippen LogP contribution in [0.3, 0.4) is 0 Å². The highest BCUT2D eigenvalue weighted by Gasteiger charge is 2.65. The molecule has 1 N–H and O–H groups in total. The Hall–Kier alpha value is -0.770. The van der Waals surface area contributed by atoms with Crippen LogP contribution in [0, 0.1) is 5.41 Å². The van der Waals surface area contributed by atoms with E-state index in [2.05, 4.69) is 42.9 Å². The van der Waals surface area contributed by atoms with Crippen molar-refractivity contribution in [3.63, 3.8) is 0 Å². The van der Waals surface area contributed by atoms with E-state index in [1.54, 1.807) is 0 Å². The molecular weight excluding hydrogens is 226 g/mol. The molecular formula is C14H25N3O. The lowest BCUT2D eigenvalue weighted by molar-refractivity contribution is 0.104. The first-order chi connectivity index (χ1) is 8.42. The van der Waals surface area contributed by atoms with Crippen LogP contribution in [0.1, 0.15) is 40.5 Å². The third-order valence-electron chi connectivity index (χ3n) is 4.61. The van der Waals surface area contributed by atoms with Crippen molar-refractivity contribution in [1.29, 1.82) is 0 Å². The highest BCUT2D eigenvalue weighted by molar-refractivity contribution is 5.74. The van der Waals surface area contributed by atoms with Gasteiger partial charge in [0.15, 0.2) is 0 Å². The molecule has 1 aliphatic carbocycles. The normalized spacial score (nSPS) is 39.2. The molecule has 0 aromatic heterocycles. The number of nitrogens with zero attached hydrogens (tertiary/aromatic N) is 2. The van der Waals surface area contributed by atoms with Gasteiger partial charge in [-0.15, -0.1) is 0 Å². The van der Waals surface area contributed by atoms with Gasteiger partial charge in [-0.2, -0.15) is 0 Å². The van der Waals surface area contributed by atoms with E-state index < -0.39 is 0 Å². The van der Waals surface area contributed by atoms with Crippen LogP contribution in [0.5, 0.6) is 0 Å². The van der Waals surface area contributed by atoms with E-state index >= 15 is 0 Å². The molecule has 4 heteroatoms. The SMILES string of the molecule is C[C@@H]1C[C@@]2(CNC3=NCCO3)CC2N1C(C)(C)C. The van der Waals surface area contributed by atoms with Gasteiger partial charge in [0, 0.05) is 29.6 Å². The van der Waals surface area contributed by atoms with Gasteiger partial charge in [0.1, 0.15) is 6.61 Å². The molecule has 0 radical (unpaired) electrons. The maximum Gasteiger partial charge on any atom is 0.284 e. The minimum Gasteiger partial charge on any atom is -0.463 e. The summed E-state index contributed by atoms with van der Waals surface area (Å²) in [6.07, 6.45) is 2.63. The highest BCUT2D eigenvalue weighted by atomic mass is 16.5. The molecule has 3 rings (SSSR count). The number of aliphatic imine (C=N–C) groups is 1. The Morgan fingerprint density at radius 1 is 1.44 bits per heavy atom. The Morgan fingerprint density at radius 3 is 2.78 bits per heavy atom. The Kier molecular flexibility index (Phi) is 2.63. The molecule has 3 atom stereocenters. The Labute approximate surface area is 110 Å². The van der Waals surface area contributed by atoms with E-state index in [0.717, 1.165) is 31.8 Å². The van der Waals surface area contributed by atoms with Crippen LogP contribution in [0.25, 0.3) is 0 Å². The van der Waals surface area contributed by atoms with Crippen LogP contribution in [0.2, 0.25) is 0 Å². The number of amidine groups is 1. The van der Waals surface area contributed by atoms with Crippen molar-refractivity contribution < 1.29 is 4.74 Å². The van der Waals surface area contributed by atoms with E-state index in [4.69, 9.17) is 4.74 Å². The highest BCUT2D eigenvalue weighted by Crippen LogP contribution is 2.60. The van der Waals surface area contributed by atoms with Crippen LogP contribution in [0.15, 0.2) is 4.99 Å². The molecule has 0 aromatic carbocycles. The minimum atomic E-state index is 0.281. The molecule has 0 aromatic rings. The summed E-state index contributed by atoms with van der Waals surface area (Å²) in [5, 5.41) is 3.40. The fourth-order valence-electron chi connectivity index (χ4n) is 4.02. The fraction of sp³-hybridized carbons (Fsp3) is 0.929. The molecule has 1 saturated heterocycles. The zero-order valence-corrected chi connectivity index (χ0v) is 12.0. The number of likely N-dealkylation sites (tertiary alicyclic amines) is 1. The van der Waals surface area contributed by atoms with Gasteiger partial charge in [-0.25, -0.2) is 4.99 Å². The summed E-state index contributed by atoms with van der Waals surface area (Å²) in [6.45, 7) is 11.9. The van der Waals surface area contributed by atoms with E-state index in [-0.39, 0.29) is 5.54 Å². The van der Waals surface area contributed by atoms with Gasteiger partial charge >= 0.3 is 0 Å². The second kappa shape index (κ2) is 3.86. The second-order valence-electron chi connectivity index (χ2n) is 7.10. The van der Waals surface area contributed by atoms with Crippen molar-refractivity contribution in [3.05, 3.63) is 0 Å². The third-order valence-corrected chi connectivity index (χ3v) is 4.61. The monoisotopic (exact) mass is 251 g/mol. The lowest BCUT2D eigenvalue weighted by Crippen LogP contribution is -2.45. The van der Waals surface area contributed by atoms with Gasteiger partial charge in [0.05, 0.1) is 6.54 Å². The number of piperidine rings is 1. The lowest BCUT2D eigenvalue weighted by atomic mass is 9.99. The van der Waals surface area contributed by atoms with Crippen LogP contribution in [-0.4, -0.2) is 48.2 Å². The Bertz CT molecular complexity index is 374. The second-order valence-corrected chi connectivity index (χ2v) is 7.10. The Morgan fingerprint density at radius 2 is 2.22 bits per heavy atom. The predicted octanol–water partition coefficient (Wildman–Crippen LogP) is 1.61. The van der Waals surface area contributed by atoms with Crippen LogP contribution in [-0.2, 0) is 4.74 Å². The average Bonchev–Trinajstić information content (AvgIpc) is 2.67. The van der Waals surface area contributed by atoms with Gasteiger partial charge in [-0.1, -0.05) is 0 Å². The lowest BCUT2D eigenvalue weighted by Gasteiger charge is -2.37. The molecule has 4 nitrogen and oxygen atoms in total. The van der Waals surface area contributed by atoms with Gasteiger partial charge in [-0.3, -0.25) is 4.90 Å². The fourth-order valence-corrected chi connectivity index (χ4v) is 4.02. The number of hydrogen-bond acceptors (Lipinski definition) is 4. The molecule has 3 aliphatic rings. The van der Waals surface area contributed by atoms with Gasteiger partial charge in [0.25, 0.3) is 6.02 Å². The molecule has 2 aliphatic heterocycles. The molecule has 0 spiro atoms. The summed E-state index contributed by atoms with van der Waals surface area (Å²) in [7, 11) is 0. The molecule has 2 heterocycles. The first-order valence-electron chi connectivity index (χ1n) is 7.12. The first kappa shape index (κ1) is 12.3. The molecule has 18 heavy (non-hydrogen) atoms. The van der Waals surface area contributed by atoms with Crippen molar-refractivity contribution in [2.75, 3.05) is 19.7 Å². The van der Waals surface area contributed by atoms with Crippen molar-refractivity contribution in [2.45, 2.75) is 58.2 Å². The van der Waals surface area contributed by atoms with Crippen LogP contribution in [0.4, 0.5) is 0 Å². The number of nitrogens with one attached hydrogen (secondary N) is 1. The van der Waals surface area contributed by atoms with Crippen molar-refractivity contribution in [3.8, 4) is 0 Å². The first-order valence-corrected chi connectivity index (χ1v) is 7.12. The number of hydrogen-bond donors (Lipinski definition) is 1. The molecule has 1 unspecified atom stereocenters. The van der Waals surface area contributed by atoms with E-state index in [1.807, 2.05) is 0 Å². The zero-order valence-electron chi connectivity index (χ0n) is 12.0. The summed E-state index contributed by atoms with van der Waals surface area (Å²) in [5.41, 5.74) is 0.755. The minimum absolute atomic E-state index is 0.281. The van der Waals surface area contributed by atoms with Gasteiger partial charge in [0.2, 0.25) is 0 Å².